The van der Waals surface area contributed by atoms with Gasteiger partial charge in [-0.1, -0.05) is 6.08 Å². The van der Waals surface area contributed by atoms with Gasteiger partial charge in [0.05, 0.1) is 0 Å². The molecule has 0 aromatic heterocycles. The van der Waals surface area contributed by atoms with Crippen LogP contribution in [0.2, 0.25) is 0 Å². The Hall–Kier alpha value is -2.63. The molecule has 1 aromatic carbocycles. The second-order valence-corrected chi connectivity index (χ2v) is 4.16. The summed E-state index contributed by atoms with van der Waals surface area (Å²) < 4.78 is 0. The zero-order valence-corrected chi connectivity index (χ0v) is 11.4. The SMILES string of the molecule is C=CCNC(=O)c1cc(NC(C)=O)cc(NC(C)=O)c1. The van der Waals surface area contributed by atoms with E-state index < -0.39 is 0 Å². The van der Waals surface area contributed by atoms with E-state index in [4.69, 9.17) is 0 Å². The maximum atomic E-state index is 11.9. The molecule has 0 unspecified atom stereocenters. The second kappa shape index (κ2) is 7.08. The van der Waals surface area contributed by atoms with Crippen LogP contribution in [0, 0.1) is 0 Å². The lowest BCUT2D eigenvalue weighted by Crippen LogP contribution is -2.23. The van der Waals surface area contributed by atoms with E-state index in [0.29, 0.717) is 23.5 Å². The number of nitrogens with one attached hydrogen (secondary N) is 3. The van der Waals surface area contributed by atoms with Gasteiger partial charge >= 0.3 is 0 Å². The summed E-state index contributed by atoms with van der Waals surface area (Å²) in [5.74, 6) is -0.839. The number of hydrogen-bond donors (Lipinski definition) is 3. The number of carbonyl (C=O) groups is 3. The van der Waals surface area contributed by atoms with Crippen molar-refractivity contribution in [3.63, 3.8) is 0 Å². The van der Waals surface area contributed by atoms with E-state index in [0.717, 1.165) is 0 Å². The zero-order valence-electron chi connectivity index (χ0n) is 11.4. The molecule has 1 aromatic rings. The minimum atomic E-state index is -0.316. The monoisotopic (exact) mass is 275 g/mol. The first kappa shape index (κ1) is 15.4. The lowest BCUT2D eigenvalue weighted by atomic mass is 10.1. The van der Waals surface area contributed by atoms with Crippen molar-refractivity contribution in [1.82, 2.24) is 5.32 Å². The summed E-state index contributed by atoms with van der Waals surface area (Å²) in [5, 5.41) is 7.79. The Balaban J connectivity index is 3.07. The molecule has 0 atom stereocenters. The van der Waals surface area contributed by atoms with Crippen molar-refractivity contribution in [3.05, 3.63) is 36.4 Å². The van der Waals surface area contributed by atoms with Crippen molar-refractivity contribution in [2.24, 2.45) is 0 Å². The average molecular weight is 275 g/mol. The van der Waals surface area contributed by atoms with Crippen LogP contribution in [0.5, 0.6) is 0 Å². The van der Waals surface area contributed by atoms with E-state index >= 15 is 0 Å². The van der Waals surface area contributed by atoms with Crippen LogP contribution in [-0.2, 0) is 9.59 Å². The Labute approximate surface area is 117 Å². The van der Waals surface area contributed by atoms with Crippen molar-refractivity contribution < 1.29 is 14.4 Å². The van der Waals surface area contributed by atoms with Gasteiger partial charge in [-0.15, -0.1) is 6.58 Å². The Bertz CT molecular complexity index is 518. The van der Waals surface area contributed by atoms with E-state index in [1.165, 1.54) is 26.0 Å². The fourth-order valence-corrected chi connectivity index (χ4v) is 1.58. The summed E-state index contributed by atoms with van der Waals surface area (Å²) in [6.07, 6.45) is 1.56. The van der Waals surface area contributed by atoms with Crippen LogP contribution >= 0.6 is 0 Å². The smallest absolute Gasteiger partial charge is 0.251 e. The molecule has 20 heavy (non-hydrogen) atoms. The highest BCUT2D eigenvalue weighted by Crippen LogP contribution is 2.19. The lowest BCUT2D eigenvalue weighted by molar-refractivity contribution is -0.115. The quantitative estimate of drug-likeness (QED) is 0.712. The molecule has 0 aliphatic heterocycles. The molecule has 3 N–H and O–H groups in total. The van der Waals surface area contributed by atoms with Gasteiger partial charge < -0.3 is 16.0 Å². The fraction of sp³-hybridized carbons (Fsp3) is 0.214. The third-order valence-electron chi connectivity index (χ3n) is 2.24. The molecule has 0 spiro atoms. The predicted molar refractivity (Wildman–Crippen MR) is 77.6 cm³/mol. The molecule has 0 saturated carbocycles. The van der Waals surface area contributed by atoms with Gasteiger partial charge in [0.2, 0.25) is 11.8 Å². The van der Waals surface area contributed by atoms with Crippen molar-refractivity contribution in [3.8, 4) is 0 Å². The van der Waals surface area contributed by atoms with E-state index in [9.17, 15) is 14.4 Å². The van der Waals surface area contributed by atoms with Crippen LogP contribution < -0.4 is 16.0 Å². The van der Waals surface area contributed by atoms with E-state index in [2.05, 4.69) is 22.5 Å². The highest BCUT2D eigenvalue weighted by Gasteiger charge is 2.09. The van der Waals surface area contributed by atoms with Gasteiger partial charge in [0, 0.05) is 37.3 Å². The highest BCUT2D eigenvalue weighted by molar-refractivity contribution is 5.99. The molecule has 0 aliphatic carbocycles. The van der Waals surface area contributed by atoms with E-state index in [1.807, 2.05) is 0 Å². The van der Waals surface area contributed by atoms with E-state index in [1.54, 1.807) is 12.1 Å². The molecule has 1 rings (SSSR count). The minimum absolute atomic E-state index is 0.262. The molecule has 0 fully saturated rings. The molecule has 0 heterocycles. The molecule has 6 heteroatoms. The summed E-state index contributed by atoms with van der Waals surface area (Å²) in [4.78, 5) is 34.1. The number of anilines is 2. The van der Waals surface area contributed by atoms with E-state index in [-0.39, 0.29) is 17.7 Å². The summed E-state index contributed by atoms with van der Waals surface area (Å²) in [7, 11) is 0. The maximum Gasteiger partial charge on any atom is 0.251 e. The average Bonchev–Trinajstić information content (AvgIpc) is 2.33. The molecular formula is C14H17N3O3. The van der Waals surface area contributed by atoms with Crippen LogP contribution in [0.15, 0.2) is 30.9 Å². The Morgan fingerprint density at radius 2 is 1.55 bits per heavy atom. The predicted octanol–water partition coefficient (Wildman–Crippen LogP) is 1.52. The Morgan fingerprint density at radius 3 is 1.95 bits per heavy atom. The topological polar surface area (TPSA) is 87.3 Å². The maximum absolute atomic E-state index is 11.9. The zero-order chi connectivity index (χ0) is 15.1. The van der Waals surface area contributed by atoms with Gasteiger partial charge in [0.25, 0.3) is 5.91 Å². The third-order valence-corrected chi connectivity index (χ3v) is 2.24. The van der Waals surface area contributed by atoms with Gasteiger partial charge in [0.15, 0.2) is 0 Å². The highest BCUT2D eigenvalue weighted by atomic mass is 16.2. The first-order valence-electron chi connectivity index (χ1n) is 6.01. The summed E-state index contributed by atoms with van der Waals surface area (Å²) in [5.41, 5.74) is 1.21. The summed E-state index contributed by atoms with van der Waals surface area (Å²) >= 11 is 0. The van der Waals surface area contributed by atoms with Crippen LogP contribution in [-0.4, -0.2) is 24.3 Å². The number of amides is 3. The van der Waals surface area contributed by atoms with Crippen LogP contribution in [0.25, 0.3) is 0 Å². The molecule has 0 bridgehead atoms. The molecule has 0 saturated heterocycles. The third kappa shape index (κ3) is 4.93. The molecule has 106 valence electrons. The fourth-order valence-electron chi connectivity index (χ4n) is 1.58. The van der Waals surface area contributed by atoms with Gasteiger partial charge in [-0.05, 0) is 18.2 Å². The van der Waals surface area contributed by atoms with Gasteiger partial charge in [-0.2, -0.15) is 0 Å². The van der Waals surface area contributed by atoms with Gasteiger partial charge in [-0.25, -0.2) is 0 Å². The first-order chi connectivity index (χ1) is 9.42. The summed E-state index contributed by atoms with van der Waals surface area (Å²) in [6.45, 7) is 6.57. The van der Waals surface area contributed by atoms with Crippen LogP contribution in [0.4, 0.5) is 11.4 Å². The molecule has 0 aliphatic rings. The Morgan fingerprint density at radius 1 is 1.05 bits per heavy atom. The molecular weight excluding hydrogens is 258 g/mol. The number of rotatable bonds is 5. The van der Waals surface area contributed by atoms with Crippen molar-refractivity contribution >= 4 is 29.1 Å². The molecule has 3 amide bonds. The van der Waals surface area contributed by atoms with Crippen molar-refractivity contribution in [1.29, 1.82) is 0 Å². The van der Waals surface area contributed by atoms with Gasteiger partial charge in [0.1, 0.15) is 0 Å². The Kier molecular flexibility index (Phi) is 5.46. The van der Waals surface area contributed by atoms with Crippen LogP contribution in [0.3, 0.4) is 0 Å². The second-order valence-electron chi connectivity index (χ2n) is 4.16. The number of hydrogen-bond acceptors (Lipinski definition) is 3. The minimum Gasteiger partial charge on any atom is -0.349 e. The van der Waals surface area contributed by atoms with Crippen LogP contribution in [0.1, 0.15) is 24.2 Å². The largest absolute Gasteiger partial charge is 0.349 e. The van der Waals surface area contributed by atoms with Gasteiger partial charge in [-0.3, -0.25) is 14.4 Å². The molecule has 0 radical (unpaired) electrons. The lowest BCUT2D eigenvalue weighted by Gasteiger charge is -2.10. The standard InChI is InChI=1S/C14H17N3O3/c1-4-5-15-14(20)11-6-12(16-9(2)18)8-13(7-11)17-10(3)19/h4,6-8H,1,5H2,2-3H3,(H,15,20)(H,16,18)(H,17,19). The number of carbonyl (C=O) groups excluding carboxylic acids is 3. The van der Waals surface area contributed by atoms with Crippen molar-refractivity contribution in [2.45, 2.75) is 13.8 Å². The summed E-state index contributed by atoms with van der Waals surface area (Å²) in [6, 6.07) is 4.64. The number of benzene rings is 1. The normalized spacial score (nSPS) is 9.50. The van der Waals surface area contributed by atoms with Crippen molar-refractivity contribution in [2.75, 3.05) is 17.2 Å². The molecule has 6 nitrogen and oxygen atoms in total. The first-order valence-corrected chi connectivity index (χ1v) is 6.01.